The van der Waals surface area contributed by atoms with Gasteiger partial charge in [0.1, 0.15) is 18.1 Å². The highest BCUT2D eigenvalue weighted by molar-refractivity contribution is 5.92. The van der Waals surface area contributed by atoms with Gasteiger partial charge in [-0.15, -0.1) is 0 Å². The number of ether oxygens (including phenoxy) is 4. The number of likely N-dealkylation sites (tertiary alicyclic amines) is 1. The molecule has 1 aliphatic heterocycles. The first kappa shape index (κ1) is 56.3. The number of azide groups is 1. The quantitative estimate of drug-likeness (QED) is 0.0430. The predicted octanol–water partition coefficient (Wildman–Crippen LogP) is 4.08. The van der Waals surface area contributed by atoms with Crippen LogP contribution in [0, 0.1) is 23.7 Å². The fraction of sp³-hybridized carbons (Fsp3) is 0.739. The molecule has 1 heterocycles. The fourth-order valence-electron chi connectivity index (χ4n) is 8.52. The lowest BCUT2D eigenvalue weighted by Gasteiger charge is -2.41. The number of nitrogens with one attached hydrogen (secondary N) is 2. The van der Waals surface area contributed by atoms with E-state index >= 15 is 0 Å². The summed E-state index contributed by atoms with van der Waals surface area (Å²) in [6, 6.07) is 4.97. The van der Waals surface area contributed by atoms with Crippen molar-refractivity contribution in [2.24, 2.45) is 28.8 Å². The van der Waals surface area contributed by atoms with Gasteiger partial charge in [0.25, 0.3) is 0 Å². The van der Waals surface area contributed by atoms with Crippen molar-refractivity contribution in [2.45, 2.75) is 129 Å². The molecule has 0 radical (unpaired) electrons. The summed E-state index contributed by atoms with van der Waals surface area (Å²) in [5, 5.41) is 18.9. The van der Waals surface area contributed by atoms with E-state index in [9.17, 15) is 33.9 Å². The fourth-order valence-corrected chi connectivity index (χ4v) is 8.52. The van der Waals surface area contributed by atoms with Crippen LogP contribution in [0.5, 0.6) is 0 Å². The molecular weight excluding hydrogens is 841 g/mol. The van der Waals surface area contributed by atoms with Crippen molar-refractivity contribution < 1.29 is 52.8 Å². The molecule has 0 aromatic heterocycles. The van der Waals surface area contributed by atoms with E-state index in [4.69, 9.17) is 24.5 Å². The van der Waals surface area contributed by atoms with Crippen LogP contribution < -0.4 is 10.6 Å². The lowest BCUT2D eigenvalue weighted by molar-refractivity contribution is -0.149. The molecule has 1 aliphatic rings. The summed E-state index contributed by atoms with van der Waals surface area (Å²) in [4.78, 5) is 89.1. The monoisotopic (exact) mass is 917 g/mol. The molecule has 5 amide bonds. The van der Waals surface area contributed by atoms with Crippen LogP contribution in [0.25, 0.3) is 10.4 Å². The maximum Gasteiger partial charge on any atom is 0.326 e. The molecule has 9 atom stereocenters. The van der Waals surface area contributed by atoms with Crippen LogP contribution in [0.3, 0.4) is 0 Å². The van der Waals surface area contributed by atoms with Gasteiger partial charge in [0.2, 0.25) is 29.5 Å². The molecule has 0 saturated carbocycles. The first-order chi connectivity index (χ1) is 30.9. The Morgan fingerprint density at radius 1 is 0.892 bits per heavy atom. The summed E-state index contributed by atoms with van der Waals surface area (Å²) in [6.45, 7) is 14.5. The number of methoxy groups -OCH3 is 2. The van der Waals surface area contributed by atoms with Crippen molar-refractivity contribution in [1.29, 1.82) is 0 Å². The van der Waals surface area contributed by atoms with E-state index in [2.05, 4.69) is 20.7 Å². The second-order valence-electron chi connectivity index (χ2n) is 17.5. The summed E-state index contributed by atoms with van der Waals surface area (Å²) in [6.07, 6.45) is 0.457. The van der Waals surface area contributed by atoms with Gasteiger partial charge in [-0.25, -0.2) is 4.79 Å². The Kier molecular flexibility index (Phi) is 25.1. The van der Waals surface area contributed by atoms with Crippen LogP contribution in [0.1, 0.15) is 86.1 Å². The number of rotatable bonds is 30. The van der Waals surface area contributed by atoms with Crippen LogP contribution in [-0.2, 0) is 54.1 Å². The Bertz CT molecular complexity index is 1710. The van der Waals surface area contributed by atoms with Gasteiger partial charge >= 0.3 is 5.97 Å². The molecule has 2 rings (SSSR count). The molecule has 0 bridgehead atoms. The maximum atomic E-state index is 14.5. The molecule has 0 aliphatic carbocycles. The number of aliphatic carboxylic acids is 1. The standard InChI is InChI=1S/C46H76N8O11/c1-12-31(6)41(53(9)45(59)39(29(2)3)50-44(58)40(30(4)5)52(8)37(55)20-23-64-25-26-65-24-21-48-51-47)36(62-10)28-38(56)54-22-16-19-35(54)42(63-11)32(7)43(57)49-34(46(60)61)27-33-17-14-13-15-18-33/h13-15,17-18,29-32,34-36,39-42H,12,16,19-28H2,1-11H3,(H,49,57)(H,50,58)(H,60,61)/t31-,32+,34-,35-,36+,39-,40-,41-,42+/m0/s1. The molecule has 3 N–H and O–H groups in total. The summed E-state index contributed by atoms with van der Waals surface area (Å²) in [7, 11) is 6.18. The smallest absolute Gasteiger partial charge is 0.326 e. The van der Waals surface area contributed by atoms with Gasteiger partial charge in [-0.1, -0.05) is 90.3 Å². The second-order valence-corrected chi connectivity index (χ2v) is 17.5. The van der Waals surface area contributed by atoms with E-state index in [0.29, 0.717) is 25.8 Å². The molecular formula is C46H76N8O11. The number of benzene rings is 1. The van der Waals surface area contributed by atoms with Crippen LogP contribution in [0.4, 0.5) is 0 Å². The van der Waals surface area contributed by atoms with Crippen LogP contribution in [0.2, 0.25) is 0 Å². The van der Waals surface area contributed by atoms with E-state index in [0.717, 1.165) is 5.56 Å². The summed E-state index contributed by atoms with van der Waals surface area (Å²) in [5.74, 6) is -4.62. The largest absolute Gasteiger partial charge is 0.480 e. The van der Waals surface area contributed by atoms with Gasteiger partial charge in [0, 0.05) is 52.7 Å². The zero-order valence-corrected chi connectivity index (χ0v) is 40.4. The topological polar surface area (TPSA) is 242 Å². The highest BCUT2D eigenvalue weighted by Gasteiger charge is 2.43. The van der Waals surface area contributed by atoms with Gasteiger partial charge in [-0.2, -0.15) is 0 Å². The normalized spacial score (nSPS) is 17.5. The molecule has 1 saturated heterocycles. The Morgan fingerprint density at radius 2 is 1.54 bits per heavy atom. The lowest BCUT2D eigenvalue weighted by atomic mass is 9.89. The lowest BCUT2D eigenvalue weighted by Crippen LogP contribution is -2.60. The average molecular weight is 917 g/mol. The highest BCUT2D eigenvalue weighted by atomic mass is 16.5. The predicted molar refractivity (Wildman–Crippen MR) is 244 cm³/mol. The molecule has 19 nitrogen and oxygen atoms in total. The van der Waals surface area contributed by atoms with Gasteiger partial charge in [0.05, 0.1) is 69.5 Å². The number of carbonyl (C=O) groups excluding carboxylic acids is 5. The zero-order chi connectivity index (χ0) is 48.8. The van der Waals surface area contributed by atoms with Crippen molar-refractivity contribution in [1.82, 2.24) is 25.3 Å². The third kappa shape index (κ3) is 17.2. The summed E-state index contributed by atoms with van der Waals surface area (Å²) in [5.41, 5.74) is 9.10. The third-order valence-electron chi connectivity index (χ3n) is 12.3. The highest BCUT2D eigenvalue weighted by Crippen LogP contribution is 2.30. The van der Waals surface area contributed by atoms with Crippen LogP contribution in [-0.4, -0.2) is 166 Å². The number of nitrogens with zero attached hydrogens (tertiary/aromatic N) is 6. The molecule has 0 unspecified atom stereocenters. The van der Waals surface area contributed by atoms with Crippen molar-refractivity contribution in [3.8, 4) is 0 Å². The Morgan fingerprint density at radius 3 is 2.09 bits per heavy atom. The van der Waals surface area contributed by atoms with Gasteiger partial charge in [0.15, 0.2) is 0 Å². The number of hydrogen-bond donors (Lipinski definition) is 3. The van der Waals surface area contributed by atoms with E-state index < -0.39 is 66.1 Å². The molecule has 366 valence electrons. The van der Waals surface area contributed by atoms with Crippen molar-refractivity contribution >= 4 is 35.5 Å². The van der Waals surface area contributed by atoms with Crippen molar-refractivity contribution in [3.63, 3.8) is 0 Å². The van der Waals surface area contributed by atoms with Crippen molar-refractivity contribution in [3.05, 3.63) is 46.3 Å². The third-order valence-corrected chi connectivity index (χ3v) is 12.3. The van der Waals surface area contributed by atoms with Gasteiger partial charge in [-0.3, -0.25) is 24.0 Å². The Balaban J connectivity index is 2.20. The number of amides is 5. The SMILES string of the molecule is CC[C@H](C)[C@@H]([C@@H](CC(=O)N1CCC[C@H]1[C@H](OC)[C@@H](C)C(=O)N[C@@H](Cc1ccccc1)C(=O)O)OC)N(C)C(=O)[C@@H](NC(=O)[C@H](C(C)C)N(C)C(=O)CCOCCOCCN=[N+]=[N-])C(C)C. The Labute approximate surface area is 385 Å². The zero-order valence-electron chi connectivity index (χ0n) is 40.4. The minimum atomic E-state index is -1.16. The van der Waals surface area contributed by atoms with Crippen molar-refractivity contribution in [2.75, 3.05) is 67.8 Å². The first-order valence-electron chi connectivity index (χ1n) is 22.8. The van der Waals surface area contributed by atoms with Crippen LogP contribution >= 0.6 is 0 Å². The molecule has 1 aromatic rings. The molecule has 0 spiro atoms. The summed E-state index contributed by atoms with van der Waals surface area (Å²) < 4.78 is 22.7. The number of carboxylic acid groups (broad SMARTS) is 1. The molecule has 65 heavy (non-hydrogen) atoms. The van der Waals surface area contributed by atoms with Gasteiger partial charge in [-0.05, 0) is 41.7 Å². The maximum absolute atomic E-state index is 14.5. The average Bonchev–Trinajstić information content (AvgIpc) is 3.76. The second kappa shape index (κ2) is 29.0. The number of carboxylic acids is 1. The van der Waals surface area contributed by atoms with Crippen LogP contribution in [0.15, 0.2) is 35.4 Å². The Hall–Kier alpha value is -4.81. The van der Waals surface area contributed by atoms with E-state index in [-0.39, 0.29) is 87.7 Å². The minimum absolute atomic E-state index is 0.0236. The molecule has 1 fully saturated rings. The van der Waals surface area contributed by atoms with Gasteiger partial charge < -0.3 is 49.4 Å². The van der Waals surface area contributed by atoms with E-state index in [1.165, 1.54) is 19.1 Å². The first-order valence-corrected chi connectivity index (χ1v) is 22.8. The van der Waals surface area contributed by atoms with E-state index in [1.807, 2.05) is 47.6 Å². The molecule has 1 aromatic carbocycles. The summed E-state index contributed by atoms with van der Waals surface area (Å²) >= 11 is 0. The number of hydrogen-bond acceptors (Lipinski definition) is 11. The molecule has 19 heteroatoms. The number of likely N-dealkylation sites (N-methyl/N-ethyl adjacent to an activating group) is 2. The minimum Gasteiger partial charge on any atom is -0.480 e. The van der Waals surface area contributed by atoms with E-state index in [1.54, 1.807) is 55.1 Å². The number of carbonyl (C=O) groups is 6.